The lowest BCUT2D eigenvalue weighted by Crippen LogP contribution is -2.32. The molecule has 8 nitrogen and oxygen atoms in total. The van der Waals surface area contributed by atoms with Gasteiger partial charge in [0.05, 0.1) is 16.8 Å². The van der Waals surface area contributed by atoms with Crippen LogP contribution in [0.4, 0.5) is 5.69 Å². The van der Waals surface area contributed by atoms with Crippen LogP contribution >= 0.6 is 0 Å². The number of rotatable bonds is 3. The number of nitrogens with zero attached hydrogens (tertiary/aromatic N) is 2. The van der Waals surface area contributed by atoms with Crippen molar-refractivity contribution in [1.29, 1.82) is 5.26 Å². The highest BCUT2D eigenvalue weighted by Crippen LogP contribution is 2.38. The van der Waals surface area contributed by atoms with E-state index in [0.717, 1.165) is 6.07 Å². The number of aliphatic imine (C=N–C) groups is 1. The summed E-state index contributed by atoms with van der Waals surface area (Å²) >= 11 is 0. The summed E-state index contributed by atoms with van der Waals surface area (Å²) in [6.07, 6.45) is 0. The Morgan fingerprint density at radius 2 is 2.09 bits per heavy atom. The van der Waals surface area contributed by atoms with Gasteiger partial charge >= 0.3 is 10.4 Å². The predicted molar refractivity (Wildman–Crippen MR) is 74.6 cm³/mol. The molecule has 0 saturated heterocycles. The molecule has 1 heterocycles. The van der Waals surface area contributed by atoms with E-state index in [9.17, 15) is 18.0 Å². The molecule has 0 spiro atoms. The minimum absolute atomic E-state index is 0.0207. The Labute approximate surface area is 126 Å². The van der Waals surface area contributed by atoms with E-state index < -0.39 is 33.6 Å². The summed E-state index contributed by atoms with van der Waals surface area (Å²) in [4.78, 5) is 28.1. The van der Waals surface area contributed by atoms with Crippen molar-refractivity contribution in [3.8, 4) is 11.8 Å². The minimum Gasteiger partial charge on any atom is -0.361 e. The van der Waals surface area contributed by atoms with Crippen LogP contribution in [-0.4, -0.2) is 30.2 Å². The molecule has 1 unspecified atom stereocenters. The monoisotopic (exact) mass is 322 g/mol. The summed E-state index contributed by atoms with van der Waals surface area (Å²) < 4.78 is 34.9. The number of ketones is 2. The van der Waals surface area contributed by atoms with E-state index >= 15 is 0 Å². The number of hydrogen-bond donors (Lipinski definition) is 1. The van der Waals surface area contributed by atoms with E-state index in [0.29, 0.717) is 0 Å². The van der Waals surface area contributed by atoms with Crippen molar-refractivity contribution in [1.82, 2.24) is 0 Å². The molecule has 1 atom stereocenters. The van der Waals surface area contributed by atoms with Gasteiger partial charge in [0.15, 0.2) is 11.5 Å². The maximum Gasteiger partial charge on any atom is 0.446 e. The first-order valence-electron chi connectivity index (χ1n) is 5.99. The Kier molecular flexibility index (Phi) is 3.83. The van der Waals surface area contributed by atoms with Gasteiger partial charge in [0.2, 0.25) is 0 Å². The molecule has 0 aliphatic carbocycles. The molecule has 1 aromatic rings. The number of carbonyl (C=O) groups excluding carboxylic acids is 2. The van der Waals surface area contributed by atoms with Gasteiger partial charge in [0, 0.05) is 5.71 Å². The molecule has 1 aromatic carbocycles. The molecule has 0 fully saturated rings. The van der Waals surface area contributed by atoms with Gasteiger partial charge in [-0.05, 0) is 26.0 Å². The first-order chi connectivity index (χ1) is 10.2. The van der Waals surface area contributed by atoms with Crippen LogP contribution in [0.3, 0.4) is 0 Å². The summed E-state index contributed by atoms with van der Waals surface area (Å²) in [5.74, 6) is -2.86. The summed E-state index contributed by atoms with van der Waals surface area (Å²) in [5, 5.41) is 9.06. The maximum atomic E-state index is 12.5. The number of carbonyl (C=O) groups is 2. The molecule has 1 aliphatic heterocycles. The fourth-order valence-electron chi connectivity index (χ4n) is 2.25. The molecular formula is C13H10N2O6S. The van der Waals surface area contributed by atoms with Crippen molar-refractivity contribution < 1.29 is 26.7 Å². The van der Waals surface area contributed by atoms with Gasteiger partial charge in [-0.15, -0.1) is 0 Å². The fraction of sp³-hybridized carbons (Fsp3) is 0.231. The maximum absolute atomic E-state index is 12.5. The van der Waals surface area contributed by atoms with E-state index in [1.54, 1.807) is 0 Å². The minimum atomic E-state index is -4.87. The zero-order chi connectivity index (χ0) is 16.7. The zero-order valence-corrected chi connectivity index (χ0v) is 12.3. The normalized spacial score (nSPS) is 17.3. The van der Waals surface area contributed by atoms with Gasteiger partial charge in [-0.1, -0.05) is 0 Å². The van der Waals surface area contributed by atoms with Gasteiger partial charge in [-0.25, -0.2) is 0 Å². The van der Waals surface area contributed by atoms with Crippen LogP contribution in [-0.2, 0) is 15.2 Å². The third-order valence-electron chi connectivity index (χ3n) is 3.08. The van der Waals surface area contributed by atoms with Crippen molar-refractivity contribution in [2.24, 2.45) is 10.9 Å². The van der Waals surface area contributed by atoms with Crippen molar-refractivity contribution in [3.63, 3.8) is 0 Å². The SMILES string of the molecule is CC(=O)C1C(=O)c2c(OS(=O)(=O)O)ccc(C#N)c2N=C1C. The van der Waals surface area contributed by atoms with E-state index in [1.165, 1.54) is 19.9 Å². The van der Waals surface area contributed by atoms with Gasteiger partial charge in [-0.2, -0.15) is 13.7 Å². The van der Waals surface area contributed by atoms with E-state index in [4.69, 9.17) is 9.81 Å². The molecule has 1 aliphatic rings. The molecule has 2 rings (SSSR count). The standard InChI is InChI=1S/C13H10N2O6S/c1-6-10(7(2)16)13(17)11-9(21-22(18,19)20)4-3-8(5-14)12(11)15-6/h3-4,10H,1-2H3,(H,18,19,20). The molecule has 0 saturated carbocycles. The Morgan fingerprint density at radius 3 is 2.59 bits per heavy atom. The Morgan fingerprint density at radius 1 is 1.45 bits per heavy atom. The number of Topliss-reactive ketones (excluding diaryl/α,β-unsaturated/α-hetero) is 2. The lowest BCUT2D eigenvalue weighted by Gasteiger charge is -2.21. The van der Waals surface area contributed by atoms with E-state index in [1.807, 2.05) is 6.07 Å². The quantitative estimate of drug-likeness (QED) is 0.653. The Hall–Kier alpha value is -2.57. The van der Waals surface area contributed by atoms with Crippen LogP contribution < -0.4 is 4.18 Å². The molecule has 114 valence electrons. The average Bonchev–Trinajstić information content (AvgIpc) is 2.36. The lowest BCUT2D eigenvalue weighted by molar-refractivity contribution is -0.117. The predicted octanol–water partition coefficient (Wildman–Crippen LogP) is 1.23. The smallest absolute Gasteiger partial charge is 0.361 e. The van der Waals surface area contributed by atoms with Gasteiger partial charge in [0.1, 0.15) is 17.8 Å². The molecular weight excluding hydrogens is 312 g/mol. The van der Waals surface area contributed by atoms with Crippen LogP contribution in [0.15, 0.2) is 17.1 Å². The highest BCUT2D eigenvalue weighted by Gasteiger charge is 2.37. The van der Waals surface area contributed by atoms with E-state index in [2.05, 4.69) is 9.18 Å². The van der Waals surface area contributed by atoms with Crippen LogP contribution in [0.5, 0.6) is 5.75 Å². The second-order valence-corrected chi connectivity index (χ2v) is 5.64. The molecule has 0 radical (unpaired) electrons. The second-order valence-electron chi connectivity index (χ2n) is 4.62. The first-order valence-corrected chi connectivity index (χ1v) is 7.36. The molecule has 0 aromatic heterocycles. The van der Waals surface area contributed by atoms with Gasteiger partial charge < -0.3 is 4.18 Å². The highest BCUT2D eigenvalue weighted by molar-refractivity contribution is 7.81. The van der Waals surface area contributed by atoms with Crippen LogP contribution in [0.1, 0.15) is 29.8 Å². The van der Waals surface area contributed by atoms with Crippen molar-refractivity contribution in [3.05, 3.63) is 23.3 Å². The van der Waals surface area contributed by atoms with Crippen LogP contribution in [0.25, 0.3) is 0 Å². The van der Waals surface area contributed by atoms with Crippen molar-refractivity contribution >= 4 is 33.4 Å². The lowest BCUT2D eigenvalue weighted by atomic mass is 9.85. The fourth-order valence-corrected chi connectivity index (χ4v) is 2.62. The third-order valence-corrected chi connectivity index (χ3v) is 3.47. The molecule has 0 bridgehead atoms. The summed E-state index contributed by atoms with van der Waals surface area (Å²) in [6, 6.07) is 4.08. The van der Waals surface area contributed by atoms with E-state index in [-0.39, 0.29) is 22.5 Å². The summed E-state index contributed by atoms with van der Waals surface area (Å²) in [5.41, 5.74) is -0.177. The van der Waals surface area contributed by atoms with Gasteiger partial charge in [0.25, 0.3) is 0 Å². The topological polar surface area (TPSA) is 134 Å². The molecule has 22 heavy (non-hydrogen) atoms. The number of fused-ring (bicyclic) bond motifs is 1. The number of benzene rings is 1. The van der Waals surface area contributed by atoms with Gasteiger partial charge in [-0.3, -0.25) is 19.1 Å². The summed E-state index contributed by atoms with van der Waals surface area (Å²) in [7, 11) is -4.87. The number of nitriles is 1. The highest BCUT2D eigenvalue weighted by atomic mass is 32.3. The Balaban J connectivity index is 2.78. The van der Waals surface area contributed by atoms with Crippen LogP contribution in [0, 0.1) is 17.2 Å². The Bertz CT molecular complexity index is 863. The largest absolute Gasteiger partial charge is 0.446 e. The molecule has 0 amide bonds. The average molecular weight is 322 g/mol. The molecule has 9 heteroatoms. The third kappa shape index (κ3) is 2.74. The first kappa shape index (κ1) is 15.8. The number of hydrogen-bond acceptors (Lipinski definition) is 7. The zero-order valence-electron chi connectivity index (χ0n) is 11.5. The van der Waals surface area contributed by atoms with Crippen molar-refractivity contribution in [2.45, 2.75) is 13.8 Å². The summed E-state index contributed by atoms with van der Waals surface area (Å²) in [6.45, 7) is 2.66. The van der Waals surface area contributed by atoms with Crippen molar-refractivity contribution in [2.75, 3.05) is 0 Å². The molecule has 1 N–H and O–H groups in total. The second kappa shape index (κ2) is 5.32. The van der Waals surface area contributed by atoms with Crippen LogP contribution in [0.2, 0.25) is 0 Å².